The molecule has 0 aliphatic rings. The fourth-order valence-corrected chi connectivity index (χ4v) is 1.89. The SMILES string of the molecule is Cc1ccc(N(C)CCCCC(C)(N)C(N)=O)cc1. The van der Waals surface area contributed by atoms with E-state index in [1.165, 1.54) is 11.3 Å². The second-order valence-corrected chi connectivity index (χ2v) is 5.50. The minimum Gasteiger partial charge on any atom is -0.375 e. The largest absolute Gasteiger partial charge is 0.375 e. The average molecular weight is 263 g/mol. The van der Waals surface area contributed by atoms with E-state index >= 15 is 0 Å². The Hall–Kier alpha value is -1.55. The van der Waals surface area contributed by atoms with E-state index in [-0.39, 0.29) is 0 Å². The summed E-state index contributed by atoms with van der Waals surface area (Å²) in [6, 6.07) is 8.45. The first kappa shape index (κ1) is 15.5. The monoisotopic (exact) mass is 263 g/mol. The molecule has 1 aromatic carbocycles. The van der Waals surface area contributed by atoms with Crippen LogP contribution in [0.25, 0.3) is 0 Å². The number of nitrogens with zero attached hydrogens (tertiary/aromatic N) is 1. The van der Waals surface area contributed by atoms with E-state index in [4.69, 9.17) is 11.5 Å². The van der Waals surface area contributed by atoms with Gasteiger partial charge in [0.15, 0.2) is 0 Å². The van der Waals surface area contributed by atoms with Crippen LogP contribution in [0.3, 0.4) is 0 Å². The highest BCUT2D eigenvalue weighted by molar-refractivity contribution is 5.83. The quantitative estimate of drug-likeness (QED) is 0.737. The number of aryl methyl sites for hydroxylation is 1. The van der Waals surface area contributed by atoms with Gasteiger partial charge in [0.1, 0.15) is 0 Å². The third-order valence-electron chi connectivity index (χ3n) is 3.48. The first-order chi connectivity index (χ1) is 8.83. The van der Waals surface area contributed by atoms with E-state index in [1.807, 2.05) is 0 Å². The predicted molar refractivity (Wildman–Crippen MR) is 80.1 cm³/mol. The minimum absolute atomic E-state index is 0.431. The molecule has 0 spiro atoms. The fourth-order valence-electron chi connectivity index (χ4n) is 1.89. The lowest BCUT2D eigenvalue weighted by Crippen LogP contribution is -2.49. The molecule has 0 saturated carbocycles. The molecule has 0 aliphatic heterocycles. The maximum atomic E-state index is 11.1. The number of nitrogens with two attached hydrogens (primary N) is 2. The average Bonchev–Trinajstić information content (AvgIpc) is 2.35. The summed E-state index contributed by atoms with van der Waals surface area (Å²) in [5.74, 6) is -0.431. The lowest BCUT2D eigenvalue weighted by atomic mass is 9.95. The van der Waals surface area contributed by atoms with Crippen LogP contribution in [0.4, 0.5) is 5.69 Å². The lowest BCUT2D eigenvalue weighted by Gasteiger charge is -2.22. The maximum Gasteiger partial charge on any atom is 0.237 e. The number of primary amides is 1. The number of carbonyl (C=O) groups is 1. The van der Waals surface area contributed by atoms with Gasteiger partial charge in [-0.25, -0.2) is 0 Å². The molecule has 0 bridgehead atoms. The molecule has 4 N–H and O–H groups in total. The Morgan fingerprint density at radius 1 is 1.26 bits per heavy atom. The van der Waals surface area contributed by atoms with E-state index in [0.29, 0.717) is 6.42 Å². The fraction of sp³-hybridized carbons (Fsp3) is 0.533. The van der Waals surface area contributed by atoms with Crippen LogP contribution in [-0.2, 0) is 4.79 Å². The van der Waals surface area contributed by atoms with E-state index in [0.717, 1.165) is 19.4 Å². The van der Waals surface area contributed by atoms with Gasteiger partial charge in [0, 0.05) is 19.3 Å². The highest BCUT2D eigenvalue weighted by Gasteiger charge is 2.24. The van der Waals surface area contributed by atoms with Crippen LogP contribution < -0.4 is 16.4 Å². The summed E-state index contributed by atoms with van der Waals surface area (Å²) in [5, 5.41) is 0. The van der Waals surface area contributed by atoms with Crippen molar-refractivity contribution >= 4 is 11.6 Å². The van der Waals surface area contributed by atoms with Crippen LogP contribution in [0.5, 0.6) is 0 Å². The molecule has 1 amide bonds. The number of hydrogen-bond donors (Lipinski definition) is 2. The van der Waals surface area contributed by atoms with Gasteiger partial charge in [-0.15, -0.1) is 0 Å². The predicted octanol–water partition coefficient (Wildman–Crippen LogP) is 1.80. The second-order valence-electron chi connectivity index (χ2n) is 5.50. The zero-order chi connectivity index (χ0) is 14.5. The Labute approximate surface area is 115 Å². The van der Waals surface area contributed by atoms with Crippen molar-refractivity contribution in [2.75, 3.05) is 18.5 Å². The molecule has 0 fully saturated rings. The molecular weight excluding hydrogens is 238 g/mol. The highest BCUT2D eigenvalue weighted by Crippen LogP contribution is 2.15. The molecule has 4 heteroatoms. The van der Waals surface area contributed by atoms with Gasteiger partial charge in [-0.2, -0.15) is 0 Å². The zero-order valence-electron chi connectivity index (χ0n) is 12.1. The molecule has 1 rings (SSSR count). The molecule has 1 atom stereocenters. The van der Waals surface area contributed by atoms with Gasteiger partial charge in [-0.3, -0.25) is 4.79 Å². The second kappa shape index (κ2) is 6.57. The van der Waals surface area contributed by atoms with Gasteiger partial charge in [0.25, 0.3) is 0 Å². The number of anilines is 1. The molecule has 0 radical (unpaired) electrons. The summed E-state index contributed by atoms with van der Waals surface area (Å²) in [7, 11) is 2.07. The first-order valence-corrected chi connectivity index (χ1v) is 6.69. The van der Waals surface area contributed by atoms with Gasteiger partial charge in [0.05, 0.1) is 5.54 Å². The third-order valence-corrected chi connectivity index (χ3v) is 3.48. The van der Waals surface area contributed by atoms with Crippen LogP contribution in [0, 0.1) is 6.92 Å². The van der Waals surface area contributed by atoms with Crippen molar-refractivity contribution in [3.05, 3.63) is 29.8 Å². The van der Waals surface area contributed by atoms with Crippen molar-refractivity contribution in [3.63, 3.8) is 0 Å². The number of carbonyl (C=O) groups excluding carboxylic acids is 1. The van der Waals surface area contributed by atoms with Gasteiger partial charge in [-0.05, 0) is 45.2 Å². The summed E-state index contributed by atoms with van der Waals surface area (Å²) >= 11 is 0. The zero-order valence-corrected chi connectivity index (χ0v) is 12.1. The van der Waals surface area contributed by atoms with Crippen LogP contribution in [-0.4, -0.2) is 25.0 Å². The minimum atomic E-state index is -0.886. The molecule has 0 aromatic heterocycles. The Bertz CT molecular complexity index is 412. The lowest BCUT2D eigenvalue weighted by molar-refractivity contribution is -0.122. The van der Waals surface area contributed by atoms with Gasteiger partial charge < -0.3 is 16.4 Å². The molecular formula is C15H25N3O. The van der Waals surface area contributed by atoms with Gasteiger partial charge >= 0.3 is 0 Å². The van der Waals surface area contributed by atoms with Crippen LogP contribution >= 0.6 is 0 Å². The van der Waals surface area contributed by atoms with Crippen molar-refractivity contribution in [3.8, 4) is 0 Å². The maximum absolute atomic E-state index is 11.1. The van der Waals surface area contributed by atoms with E-state index in [1.54, 1.807) is 6.92 Å². The number of amides is 1. The van der Waals surface area contributed by atoms with Crippen molar-refractivity contribution in [1.29, 1.82) is 0 Å². The van der Waals surface area contributed by atoms with Crippen molar-refractivity contribution in [2.45, 2.75) is 38.6 Å². The van der Waals surface area contributed by atoms with Crippen molar-refractivity contribution in [1.82, 2.24) is 0 Å². The summed E-state index contributed by atoms with van der Waals surface area (Å²) in [5.41, 5.74) is 12.6. The molecule has 1 unspecified atom stereocenters. The van der Waals surface area contributed by atoms with E-state index in [2.05, 4.69) is 43.1 Å². The highest BCUT2D eigenvalue weighted by atomic mass is 16.1. The van der Waals surface area contributed by atoms with Gasteiger partial charge in [0.2, 0.25) is 5.91 Å². The molecule has 0 heterocycles. The number of rotatable bonds is 7. The van der Waals surface area contributed by atoms with Gasteiger partial charge in [-0.1, -0.05) is 17.7 Å². The smallest absolute Gasteiger partial charge is 0.237 e. The van der Waals surface area contributed by atoms with Crippen molar-refractivity contribution in [2.24, 2.45) is 11.5 Å². The van der Waals surface area contributed by atoms with Crippen LogP contribution in [0.2, 0.25) is 0 Å². The first-order valence-electron chi connectivity index (χ1n) is 6.69. The normalized spacial score (nSPS) is 13.9. The summed E-state index contributed by atoms with van der Waals surface area (Å²) in [6.07, 6.45) is 2.51. The summed E-state index contributed by atoms with van der Waals surface area (Å²) < 4.78 is 0. The Kier molecular flexibility index (Phi) is 5.36. The molecule has 0 saturated heterocycles. The Morgan fingerprint density at radius 2 is 1.84 bits per heavy atom. The summed E-state index contributed by atoms with van der Waals surface area (Å²) in [4.78, 5) is 13.3. The summed E-state index contributed by atoms with van der Waals surface area (Å²) in [6.45, 7) is 4.71. The van der Waals surface area contributed by atoms with Crippen LogP contribution in [0.15, 0.2) is 24.3 Å². The Morgan fingerprint density at radius 3 is 2.37 bits per heavy atom. The molecule has 1 aromatic rings. The molecule has 0 aliphatic carbocycles. The number of unbranched alkanes of at least 4 members (excludes halogenated alkanes) is 1. The number of hydrogen-bond acceptors (Lipinski definition) is 3. The van der Waals surface area contributed by atoms with E-state index in [9.17, 15) is 4.79 Å². The number of benzene rings is 1. The van der Waals surface area contributed by atoms with E-state index < -0.39 is 11.4 Å². The van der Waals surface area contributed by atoms with Crippen molar-refractivity contribution < 1.29 is 4.79 Å². The third kappa shape index (κ3) is 4.91. The molecule has 19 heavy (non-hydrogen) atoms. The standard InChI is InChI=1S/C15H25N3O/c1-12-6-8-13(9-7-12)18(3)11-5-4-10-15(2,17)14(16)19/h6-9H,4-5,10-11,17H2,1-3H3,(H2,16,19). The Balaban J connectivity index is 2.33. The molecule has 106 valence electrons. The van der Waals surface area contributed by atoms with Crippen LogP contribution in [0.1, 0.15) is 31.7 Å². The topological polar surface area (TPSA) is 72.3 Å². The molecule has 4 nitrogen and oxygen atoms in total.